The molecule has 1 aromatic carbocycles. The second-order valence-electron chi connectivity index (χ2n) is 9.15. The molecule has 1 heterocycles. The molecular formula is C27H46N2O. The lowest BCUT2D eigenvalue weighted by Crippen LogP contribution is -2.41. The fraction of sp³-hybridized carbons (Fsp3) is 0.741. The zero-order chi connectivity index (χ0) is 21.3. The zero-order valence-corrected chi connectivity index (χ0v) is 19.5. The third kappa shape index (κ3) is 10.6. The van der Waals surface area contributed by atoms with Crippen LogP contribution < -0.4 is 10.6 Å². The van der Waals surface area contributed by atoms with Gasteiger partial charge in [0.05, 0.1) is 6.04 Å². The molecule has 0 spiro atoms. The Labute approximate surface area is 185 Å². The first-order valence-corrected chi connectivity index (χ1v) is 12.9. The molecule has 1 aliphatic heterocycles. The molecule has 1 aliphatic rings. The zero-order valence-electron chi connectivity index (χ0n) is 19.5. The van der Waals surface area contributed by atoms with E-state index in [2.05, 4.69) is 41.8 Å². The number of amides is 1. The second-order valence-corrected chi connectivity index (χ2v) is 9.15. The number of hydrogen-bond donors (Lipinski definition) is 2. The maximum Gasteiger partial charge on any atom is 0.237 e. The van der Waals surface area contributed by atoms with Gasteiger partial charge < -0.3 is 5.32 Å². The Kier molecular flexibility index (Phi) is 13.6. The van der Waals surface area contributed by atoms with Crippen LogP contribution in [0.4, 0.5) is 0 Å². The van der Waals surface area contributed by atoms with E-state index in [1.54, 1.807) is 0 Å². The molecule has 1 aromatic rings. The number of nitrogens with one attached hydrogen (secondary N) is 2. The van der Waals surface area contributed by atoms with E-state index in [1.165, 1.54) is 89.0 Å². The Hall–Kier alpha value is -1.35. The summed E-state index contributed by atoms with van der Waals surface area (Å²) >= 11 is 0. The van der Waals surface area contributed by atoms with Gasteiger partial charge in [-0.3, -0.25) is 10.1 Å². The second kappa shape index (κ2) is 16.4. The highest BCUT2D eigenvalue weighted by Gasteiger charge is 2.29. The van der Waals surface area contributed by atoms with E-state index >= 15 is 0 Å². The van der Waals surface area contributed by atoms with Crippen molar-refractivity contribution in [2.75, 3.05) is 6.54 Å². The summed E-state index contributed by atoms with van der Waals surface area (Å²) in [7, 11) is 0. The first kappa shape index (κ1) is 24.9. The van der Waals surface area contributed by atoms with Crippen molar-refractivity contribution in [1.29, 1.82) is 0 Å². The molecule has 1 amide bonds. The summed E-state index contributed by atoms with van der Waals surface area (Å²) < 4.78 is 0. The average Bonchev–Trinajstić information content (AvgIpc) is 3.27. The predicted octanol–water partition coefficient (Wildman–Crippen LogP) is 7.08. The third-order valence-corrected chi connectivity index (χ3v) is 6.49. The highest BCUT2D eigenvalue weighted by atomic mass is 16.2. The number of benzene rings is 1. The maximum atomic E-state index is 12.4. The van der Waals surface area contributed by atoms with Gasteiger partial charge in [-0.05, 0) is 24.8 Å². The highest BCUT2D eigenvalue weighted by Crippen LogP contribution is 2.26. The molecule has 0 radical (unpaired) electrons. The molecule has 1 saturated heterocycles. The van der Waals surface area contributed by atoms with Crippen molar-refractivity contribution in [3.8, 4) is 0 Å². The number of rotatable bonds is 17. The summed E-state index contributed by atoms with van der Waals surface area (Å²) in [5.41, 5.74) is 1.29. The minimum Gasteiger partial charge on any atom is -0.355 e. The maximum absolute atomic E-state index is 12.4. The molecule has 0 saturated carbocycles. The van der Waals surface area contributed by atoms with Crippen LogP contribution >= 0.6 is 0 Å². The molecule has 1 fully saturated rings. The smallest absolute Gasteiger partial charge is 0.237 e. The SMILES string of the molecule is CCCCCCCCCCCCCCCCNC(=O)[C@H]1CC[C@@H](c2ccccc2)N1. The van der Waals surface area contributed by atoms with Crippen molar-refractivity contribution in [3.05, 3.63) is 35.9 Å². The first-order valence-electron chi connectivity index (χ1n) is 12.9. The normalized spacial score (nSPS) is 18.6. The number of carbonyl (C=O) groups is 1. The van der Waals surface area contributed by atoms with Crippen LogP contribution in [0.25, 0.3) is 0 Å². The molecular weight excluding hydrogens is 368 g/mol. The molecule has 3 nitrogen and oxygen atoms in total. The molecule has 0 unspecified atom stereocenters. The van der Waals surface area contributed by atoms with Gasteiger partial charge in [0.15, 0.2) is 0 Å². The van der Waals surface area contributed by atoms with Crippen LogP contribution in [-0.2, 0) is 4.79 Å². The molecule has 2 atom stereocenters. The Morgan fingerprint density at radius 3 is 1.90 bits per heavy atom. The van der Waals surface area contributed by atoms with Crippen LogP contribution in [0.5, 0.6) is 0 Å². The minimum absolute atomic E-state index is 0.0261. The van der Waals surface area contributed by atoms with Crippen molar-refractivity contribution in [2.24, 2.45) is 0 Å². The van der Waals surface area contributed by atoms with Crippen LogP contribution in [0.2, 0.25) is 0 Å². The van der Waals surface area contributed by atoms with Crippen molar-refractivity contribution in [2.45, 2.75) is 122 Å². The van der Waals surface area contributed by atoms with Gasteiger partial charge in [-0.2, -0.15) is 0 Å². The number of carbonyl (C=O) groups excluding carboxylic acids is 1. The van der Waals surface area contributed by atoms with Gasteiger partial charge in [0.25, 0.3) is 0 Å². The summed E-state index contributed by atoms with van der Waals surface area (Å²) in [6.07, 6.45) is 21.1. The van der Waals surface area contributed by atoms with Crippen LogP contribution in [0, 0.1) is 0 Å². The van der Waals surface area contributed by atoms with Crippen molar-refractivity contribution >= 4 is 5.91 Å². The van der Waals surface area contributed by atoms with E-state index in [-0.39, 0.29) is 11.9 Å². The Morgan fingerprint density at radius 1 is 0.800 bits per heavy atom. The first-order chi connectivity index (χ1) is 14.8. The molecule has 30 heavy (non-hydrogen) atoms. The Bertz CT molecular complexity index is 545. The lowest BCUT2D eigenvalue weighted by Gasteiger charge is -2.14. The molecule has 0 bridgehead atoms. The topological polar surface area (TPSA) is 41.1 Å². The molecule has 2 N–H and O–H groups in total. The van der Waals surface area contributed by atoms with Gasteiger partial charge in [0.2, 0.25) is 5.91 Å². The Morgan fingerprint density at radius 2 is 1.33 bits per heavy atom. The number of unbranched alkanes of at least 4 members (excludes halogenated alkanes) is 13. The molecule has 0 aliphatic carbocycles. The van der Waals surface area contributed by atoms with Gasteiger partial charge in [0, 0.05) is 12.6 Å². The summed E-state index contributed by atoms with van der Waals surface area (Å²) in [4.78, 5) is 12.4. The molecule has 0 aromatic heterocycles. The van der Waals surface area contributed by atoms with Crippen molar-refractivity contribution < 1.29 is 4.79 Å². The van der Waals surface area contributed by atoms with E-state index in [0.29, 0.717) is 6.04 Å². The quantitative estimate of drug-likeness (QED) is 0.267. The minimum atomic E-state index is -0.0261. The molecule has 170 valence electrons. The van der Waals surface area contributed by atoms with Gasteiger partial charge in [0.1, 0.15) is 0 Å². The van der Waals surface area contributed by atoms with Crippen molar-refractivity contribution in [3.63, 3.8) is 0 Å². The molecule has 2 rings (SSSR count). The largest absolute Gasteiger partial charge is 0.355 e. The van der Waals surface area contributed by atoms with Crippen LogP contribution in [0.1, 0.15) is 121 Å². The van der Waals surface area contributed by atoms with Gasteiger partial charge in [-0.1, -0.05) is 121 Å². The summed E-state index contributed by atoms with van der Waals surface area (Å²) in [6.45, 7) is 3.11. The van der Waals surface area contributed by atoms with E-state index in [4.69, 9.17) is 0 Å². The van der Waals surface area contributed by atoms with Gasteiger partial charge >= 0.3 is 0 Å². The average molecular weight is 415 g/mol. The standard InChI is InChI=1S/C27H46N2O/c1-2-3-4-5-6-7-8-9-10-11-12-13-14-18-23-28-27(30)26-22-21-25(29-26)24-19-16-15-17-20-24/h15-17,19-20,25-26,29H,2-14,18,21-23H2,1H3,(H,28,30)/t25-,26+/m0/s1. The summed E-state index contributed by atoms with van der Waals surface area (Å²) in [6, 6.07) is 10.8. The summed E-state index contributed by atoms with van der Waals surface area (Å²) in [5, 5.41) is 6.64. The molecule has 3 heteroatoms. The van der Waals surface area contributed by atoms with Crippen LogP contribution in [0.3, 0.4) is 0 Å². The van der Waals surface area contributed by atoms with E-state index in [1.807, 2.05) is 6.07 Å². The predicted molar refractivity (Wildman–Crippen MR) is 129 cm³/mol. The Balaban J connectivity index is 1.36. The number of hydrogen-bond acceptors (Lipinski definition) is 2. The highest BCUT2D eigenvalue weighted by molar-refractivity contribution is 5.82. The lowest BCUT2D eigenvalue weighted by molar-refractivity contribution is -0.122. The van der Waals surface area contributed by atoms with Crippen LogP contribution in [-0.4, -0.2) is 18.5 Å². The van der Waals surface area contributed by atoms with Gasteiger partial charge in [-0.25, -0.2) is 0 Å². The third-order valence-electron chi connectivity index (χ3n) is 6.49. The van der Waals surface area contributed by atoms with Crippen molar-refractivity contribution in [1.82, 2.24) is 10.6 Å². The fourth-order valence-electron chi connectivity index (χ4n) is 4.55. The fourth-order valence-corrected chi connectivity index (χ4v) is 4.55. The van der Waals surface area contributed by atoms with E-state index in [0.717, 1.165) is 25.8 Å². The van der Waals surface area contributed by atoms with Gasteiger partial charge in [-0.15, -0.1) is 0 Å². The monoisotopic (exact) mass is 414 g/mol. The van der Waals surface area contributed by atoms with E-state index in [9.17, 15) is 4.79 Å². The van der Waals surface area contributed by atoms with E-state index < -0.39 is 0 Å². The van der Waals surface area contributed by atoms with Crippen LogP contribution in [0.15, 0.2) is 30.3 Å². The lowest BCUT2D eigenvalue weighted by atomic mass is 10.0. The summed E-state index contributed by atoms with van der Waals surface area (Å²) in [5.74, 6) is 0.183.